The molecule has 0 spiro atoms. The second-order valence-electron chi connectivity index (χ2n) is 4.96. The van der Waals surface area contributed by atoms with Crippen LogP contribution in [0.4, 0.5) is 4.79 Å². The summed E-state index contributed by atoms with van der Waals surface area (Å²) in [5.74, 6) is -0.912. The first-order valence-corrected chi connectivity index (χ1v) is 6.56. The molecule has 2 fully saturated rings. The lowest BCUT2D eigenvalue weighted by atomic mass is 10.1. The minimum atomic E-state index is -0.912. The first-order valence-electron chi connectivity index (χ1n) is 6.56. The summed E-state index contributed by atoms with van der Waals surface area (Å²) in [7, 11) is 0. The summed E-state index contributed by atoms with van der Waals surface area (Å²) >= 11 is 0. The fourth-order valence-corrected chi connectivity index (χ4v) is 2.39. The molecule has 2 heterocycles. The van der Waals surface area contributed by atoms with Crippen molar-refractivity contribution in [1.82, 2.24) is 10.2 Å². The van der Waals surface area contributed by atoms with Crippen molar-refractivity contribution in [2.45, 2.75) is 38.0 Å². The van der Waals surface area contributed by atoms with Crippen molar-refractivity contribution in [1.29, 1.82) is 0 Å². The highest BCUT2D eigenvalue weighted by Gasteiger charge is 2.30. The number of aliphatic carboxylic acids is 1. The zero-order valence-corrected chi connectivity index (χ0v) is 11.0. The molecule has 0 aromatic heterocycles. The van der Waals surface area contributed by atoms with Crippen molar-refractivity contribution in [3.63, 3.8) is 0 Å². The van der Waals surface area contributed by atoms with E-state index in [1.54, 1.807) is 4.90 Å². The molecule has 0 aromatic carbocycles. The molecule has 2 saturated heterocycles. The van der Waals surface area contributed by atoms with Crippen LogP contribution < -0.4 is 5.32 Å². The van der Waals surface area contributed by atoms with E-state index in [9.17, 15) is 9.59 Å². The Hall–Kier alpha value is -1.34. The van der Waals surface area contributed by atoms with Gasteiger partial charge < -0.3 is 24.8 Å². The molecule has 0 aromatic rings. The van der Waals surface area contributed by atoms with Gasteiger partial charge in [-0.2, -0.15) is 0 Å². The number of hydrogen-bond donors (Lipinski definition) is 2. The molecule has 108 valence electrons. The van der Waals surface area contributed by atoms with E-state index in [1.165, 1.54) is 0 Å². The number of ether oxygens (including phenoxy) is 2. The van der Waals surface area contributed by atoms with E-state index >= 15 is 0 Å². The van der Waals surface area contributed by atoms with E-state index in [4.69, 9.17) is 14.6 Å². The summed E-state index contributed by atoms with van der Waals surface area (Å²) in [6, 6.07) is -0.130. The molecule has 3 atom stereocenters. The van der Waals surface area contributed by atoms with Gasteiger partial charge in [-0.3, -0.25) is 4.79 Å². The summed E-state index contributed by atoms with van der Waals surface area (Å²) < 4.78 is 10.7. The fraction of sp³-hybridized carbons (Fsp3) is 0.833. The fourth-order valence-electron chi connectivity index (χ4n) is 2.39. The van der Waals surface area contributed by atoms with Gasteiger partial charge in [-0.15, -0.1) is 0 Å². The number of nitrogens with zero attached hydrogens (tertiary/aromatic N) is 1. The van der Waals surface area contributed by atoms with Gasteiger partial charge in [-0.1, -0.05) is 0 Å². The van der Waals surface area contributed by atoms with Gasteiger partial charge in [0.15, 0.2) is 0 Å². The third-order valence-corrected chi connectivity index (χ3v) is 3.51. The van der Waals surface area contributed by atoms with Crippen LogP contribution in [0, 0.1) is 0 Å². The van der Waals surface area contributed by atoms with Gasteiger partial charge >= 0.3 is 12.0 Å². The molecule has 0 bridgehead atoms. The molecule has 2 rings (SSSR count). The third-order valence-electron chi connectivity index (χ3n) is 3.51. The lowest BCUT2D eigenvalue weighted by Gasteiger charge is -2.33. The van der Waals surface area contributed by atoms with Crippen molar-refractivity contribution in [3.8, 4) is 0 Å². The van der Waals surface area contributed by atoms with Crippen LogP contribution >= 0.6 is 0 Å². The molecule has 2 amide bonds. The van der Waals surface area contributed by atoms with E-state index in [0.717, 1.165) is 6.42 Å². The van der Waals surface area contributed by atoms with Crippen molar-refractivity contribution < 1.29 is 24.2 Å². The van der Waals surface area contributed by atoms with Crippen LogP contribution in [0.2, 0.25) is 0 Å². The van der Waals surface area contributed by atoms with Gasteiger partial charge in [0.2, 0.25) is 0 Å². The molecule has 7 nitrogen and oxygen atoms in total. The molecule has 2 aliphatic rings. The number of nitrogens with one attached hydrogen (secondary N) is 1. The first kappa shape index (κ1) is 14.1. The predicted molar refractivity (Wildman–Crippen MR) is 65.9 cm³/mol. The van der Waals surface area contributed by atoms with Gasteiger partial charge in [0.05, 0.1) is 31.3 Å². The molecular formula is C12H20N2O5. The molecule has 0 aliphatic carbocycles. The van der Waals surface area contributed by atoms with Crippen LogP contribution in [0.25, 0.3) is 0 Å². The number of carboxylic acids is 1. The smallest absolute Gasteiger partial charge is 0.317 e. The van der Waals surface area contributed by atoms with Crippen LogP contribution in [0.15, 0.2) is 0 Å². The highest BCUT2D eigenvalue weighted by atomic mass is 16.5. The quantitative estimate of drug-likeness (QED) is 0.758. The molecular weight excluding hydrogens is 252 g/mol. The summed E-state index contributed by atoms with van der Waals surface area (Å²) in [6.07, 6.45) is 0.344. The Morgan fingerprint density at radius 3 is 2.79 bits per heavy atom. The maximum atomic E-state index is 12.1. The third kappa shape index (κ3) is 3.81. The maximum absolute atomic E-state index is 12.1. The van der Waals surface area contributed by atoms with Gasteiger partial charge in [-0.05, 0) is 13.3 Å². The maximum Gasteiger partial charge on any atom is 0.317 e. The molecule has 3 unspecified atom stereocenters. The topological polar surface area (TPSA) is 88.1 Å². The Bertz CT molecular complexity index is 349. The predicted octanol–water partition coefficient (Wildman–Crippen LogP) is 0.0489. The van der Waals surface area contributed by atoms with E-state index in [2.05, 4.69) is 5.32 Å². The second-order valence-corrected chi connectivity index (χ2v) is 4.96. The SMILES string of the molecule is CC1OCCC1NC(=O)N1CCOC(CC(=O)O)C1. The van der Waals surface area contributed by atoms with Crippen LogP contribution in [-0.4, -0.2) is 66.6 Å². The zero-order chi connectivity index (χ0) is 13.8. The lowest BCUT2D eigenvalue weighted by Crippen LogP contribution is -2.53. The minimum Gasteiger partial charge on any atom is -0.481 e. The summed E-state index contributed by atoms with van der Waals surface area (Å²) in [4.78, 5) is 24.4. The Balaban J connectivity index is 1.83. The second kappa shape index (κ2) is 6.21. The average Bonchev–Trinajstić information content (AvgIpc) is 2.74. The molecule has 0 radical (unpaired) electrons. The van der Waals surface area contributed by atoms with Gasteiger partial charge in [0.25, 0.3) is 0 Å². The summed E-state index contributed by atoms with van der Waals surface area (Å²) in [5, 5.41) is 11.7. The van der Waals surface area contributed by atoms with E-state index in [0.29, 0.717) is 26.3 Å². The molecule has 0 saturated carbocycles. The first-order chi connectivity index (χ1) is 9.06. The van der Waals surface area contributed by atoms with Crippen molar-refractivity contribution in [3.05, 3.63) is 0 Å². The lowest BCUT2D eigenvalue weighted by molar-refractivity contribution is -0.141. The number of carbonyl (C=O) groups is 2. The molecule has 2 aliphatic heterocycles. The normalized spacial score (nSPS) is 31.2. The van der Waals surface area contributed by atoms with Crippen LogP contribution in [0.5, 0.6) is 0 Å². The Morgan fingerprint density at radius 2 is 2.16 bits per heavy atom. The van der Waals surface area contributed by atoms with Crippen LogP contribution in [-0.2, 0) is 14.3 Å². The largest absolute Gasteiger partial charge is 0.481 e. The number of carboxylic acid groups (broad SMARTS) is 1. The van der Waals surface area contributed by atoms with Gasteiger partial charge in [0, 0.05) is 19.7 Å². The Kier molecular flexibility index (Phi) is 4.60. The summed E-state index contributed by atoms with van der Waals surface area (Å²) in [6.45, 7) is 3.79. The van der Waals surface area contributed by atoms with Crippen LogP contribution in [0.3, 0.4) is 0 Å². The monoisotopic (exact) mass is 272 g/mol. The molecule has 7 heteroatoms. The number of urea groups is 1. The minimum absolute atomic E-state index is 0.0276. The molecule has 2 N–H and O–H groups in total. The van der Waals surface area contributed by atoms with Crippen molar-refractivity contribution in [2.24, 2.45) is 0 Å². The Labute approximate surface area is 111 Å². The van der Waals surface area contributed by atoms with E-state index in [-0.39, 0.29) is 24.6 Å². The Morgan fingerprint density at radius 1 is 1.37 bits per heavy atom. The summed E-state index contributed by atoms with van der Waals surface area (Å²) in [5.41, 5.74) is 0. The molecule has 19 heavy (non-hydrogen) atoms. The van der Waals surface area contributed by atoms with Crippen LogP contribution in [0.1, 0.15) is 19.8 Å². The standard InChI is InChI=1S/C12H20N2O5/c1-8-10(2-4-18-8)13-12(17)14-3-5-19-9(7-14)6-11(15)16/h8-10H,2-7H2,1H3,(H,13,17)(H,15,16). The average molecular weight is 272 g/mol. The number of carbonyl (C=O) groups excluding carboxylic acids is 1. The van der Waals surface area contributed by atoms with Gasteiger partial charge in [0.1, 0.15) is 0 Å². The van der Waals surface area contributed by atoms with E-state index in [1.807, 2.05) is 6.92 Å². The zero-order valence-electron chi connectivity index (χ0n) is 11.0. The highest BCUT2D eigenvalue weighted by molar-refractivity contribution is 5.75. The highest BCUT2D eigenvalue weighted by Crippen LogP contribution is 2.14. The van der Waals surface area contributed by atoms with Gasteiger partial charge in [-0.25, -0.2) is 4.79 Å². The number of amides is 2. The number of morpholine rings is 1. The number of rotatable bonds is 3. The number of hydrogen-bond acceptors (Lipinski definition) is 4. The van der Waals surface area contributed by atoms with E-state index < -0.39 is 12.1 Å². The van der Waals surface area contributed by atoms with Crippen molar-refractivity contribution in [2.75, 3.05) is 26.3 Å². The van der Waals surface area contributed by atoms with Crippen molar-refractivity contribution >= 4 is 12.0 Å².